The SMILES string of the molecule is O=C(Nc1c(F)cccc1Oc1ccccc1)C(O)c1ccccc1. The van der Waals surface area contributed by atoms with Gasteiger partial charge in [0, 0.05) is 0 Å². The molecule has 25 heavy (non-hydrogen) atoms. The summed E-state index contributed by atoms with van der Waals surface area (Å²) in [4.78, 5) is 12.3. The second-order valence-corrected chi connectivity index (χ2v) is 5.33. The van der Waals surface area contributed by atoms with Crippen molar-refractivity contribution in [3.05, 3.63) is 90.2 Å². The molecule has 4 nitrogen and oxygen atoms in total. The minimum atomic E-state index is -1.41. The maximum atomic E-state index is 14.2. The molecule has 0 aromatic heterocycles. The Labute approximate surface area is 144 Å². The van der Waals surface area contributed by atoms with Crippen LogP contribution in [0.2, 0.25) is 0 Å². The average molecular weight is 337 g/mol. The fourth-order valence-electron chi connectivity index (χ4n) is 2.30. The van der Waals surface area contributed by atoms with Crippen molar-refractivity contribution >= 4 is 11.6 Å². The summed E-state index contributed by atoms with van der Waals surface area (Å²) < 4.78 is 19.8. The number of hydrogen-bond acceptors (Lipinski definition) is 3. The number of para-hydroxylation sites is 2. The van der Waals surface area contributed by atoms with Gasteiger partial charge in [-0.1, -0.05) is 54.6 Å². The number of amides is 1. The summed E-state index contributed by atoms with van der Waals surface area (Å²) in [5.41, 5.74) is 0.299. The topological polar surface area (TPSA) is 58.6 Å². The van der Waals surface area contributed by atoms with E-state index in [1.807, 2.05) is 6.07 Å². The van der Waals surface area contributed by atoms with Gasteiger partial charge in [0.2, 0.25) is 0 Å². The Morgan fingerprint density at radius 1 is 0.920 bits per heavy atom. The third kappa shape index (κ3) is 4.02. The van der Waals surface area contributed by atoms with Gasteiger partial charge in [0.1, 0.15) is 11.4 Å². The minimum absolute atomic E-state index is 0.119. The number of nitrogens with one attached hydrogen (secondary N) is 1. The molecule has 3 rings (SSSR count). The van der Waals surface area contributed by atoms with Crippen molar-refractivity contribution in [1.29, 1.82) is 0 Å². The summed E-state index contributed by atoms with van der Waals surface area (Å²) in [6.07, 6.45) is -1.41. The van der Waals surface area contributed by atoms with Crippen LogP contribution in [0.4, 0.5) is 10.1 Å². The summed E-state index contributed by atoms with van der Waals surface area (Å²) in [6, 6.07) is 21.5. The van der Waals surface area contributed by atoms with E-state index in [0.717, 1.165) is 0 Å². The molecule has 0 aliphatic rings. The molecule has 0 radical (unpaired) electrons. The molecular weight excluding hydrogens is 321 g/mol. The second-order valence-electron chi connectivity index (χ2n) is 5.33. The first-order valence-corrected chi connectivity index (χ1v) is 7.70. The van der Waals surface area contributed by atoms with Gasteiger partial charge in [0.25, 0.3) is 5.91 Å². The number of rotatable bonds is 5. The van der Waals surface area contributed by atoms with Crippen LogP contribution in [0.1, 0.15) is 11.7 Å². The zero-order chi connectivity index (χ0) is 17.6. The van der Waals surface area contributed by atoms with Gasteiger partial charge in [-0.3, -0.25) is 4.79 Å². The molecule has 1 unspecified atom stereocenters. The van der Waals surface area contributed by atoms with Crippen molar-refractivity contribution in [2.45, 2.75) is 6.10 Å². The second kappa shape index (κ2) is 7.59. The number of carbonyl (C=O) groups is 1. The largest absolute Gasteiger partial charge is 0.455 e. The van der Waals surface area contributed by atoms with Gasteiger partial charge in [-0.05, 0) is 29.8 Å². The first-order valence-electron chi connectivity index (χ1n) is 7.70. The van der Waals surface area contributed by atoms with Gasteiger partial charge in [0.05, 0.1) is 0 Å². The Morgan fingerprint density at radius 3 is 2.24 bits per heavy atom. The molecule has 1 atom stereocenters. The Morgan fingerprint density at radius 2 is 1.56 bits per heavy atom. The van der Waals surface area contributed by atoms with Crippen LogP contribution in [0.5, 0.6) is 11.5 Å². The van der Waals surface area contributed by atoms with E-state index in [4.69, 9.17) is 4.74 Å². The van der Waals surface area contributed by atoms with E-state index in [0.29, 0.717) is 11.3 Å². The summed E-state index contributed by atoms with van der Waals surface area (Å²) >= 11 is 0. The van der Waals surface area contributed by atoms with E-state index in [-0.39, 0.29) is 11.4 Å². The molecule has 0 aliphatic carbocycles. The zero-order valence-corrected chi connectivity index (χ0v) is 13.2. The van der Waals surface area contributed by atoms with E-state index in [1.165, 1.54) is 12.1 Å². The highest BCUT2D eigenvalue weighted by atomic mass is 19.1. The average Bonchev–Trinajstić information content (AvgIpc) is 2.65. The quantitative estimate of drug-likeness (QED) is 0.730. The van der Waals surface area contributed by atoms with Gasteiger partial charge in [0.15, 0.2) is 17.7 Å². The smallest absolute Gasteiger partial charge is 0.258 e. The van der Waals surface area contributed by atoms with E-state index in [9.17, 15) is 14.3 Å². The van der Waals surface area contributed by atoms with Crippen LogP contribution in [0.25, 0.3) is 0 Å². The molecule has 0 heterocycles. The molecule has 126 valence electrons. The lowest BCUT2D eigenvalue weighted by Gasteiger charge is -2.15. The Balaban J connectivity index is 1.83. The van der Waals surface area contributed by atoms with Crippen molar-refractivity contribution in [2.24, 2.45) is 0 Å². The van der Waals surface area contributed by atoms with Crippen molar-refractivity contribution in [1.82, 2.24) is 0 Å². The molecular formula is C20H16FNO3. The van der Waals surface area contributed by atoms with Crippen molar-refractivity contribution in [2.75, 3.05) is 5.32 Å². The zero-order valence-electron chi connectivity index (χ0n) is 13.2. The van der Waals surface area contributed by atoms with E-state index < -0.39 is 17.8 Å². The van der Waals surface area contributed by atoms with Crippen LogP contribution >= 0.6 is 0 Å². The van der Waals surface area contributed by atoms with E-state index >= 15 is 0 Å². The van der Waals surface area contributed by atoms with E-state index in [1.54, 1.807) is 60.7 Å². The third-order valence-electron chi connectivity index (χ3n) is 3.56. The number of halogens is 1. The summed E-state index contributed by atoms with van der Waals surface area (Å²) in [7, 11) is 0. The fourth-order valence-corrected chi connectivity index (χ4v) is 2.30. The highest BCUT2D eigenvalue weighted by molar-refractivity contribution is 5.96. The maximum Gasteiger partial charge on any atom is 0.258 e. The molecule has 0 aliphatic heterocycles. The maximum absolute atomic E-state index is 14.2. The summed E-state index contributed by atoms with van der Waals surface area (Å²) in [5.74, 6) is -0.733. The summed E-state index contributed by atoms with van der Waals surface area (Å²) in [6.45, 7) is 0. The number of ether oxygens (including phenoxy) is 1. The van der Waals surface area contributed by atoms with Crippen molar-refractivity contribution in [3.8, 4) is 11.5 Å². The van der Waals surface area contributed by atoms with Crippen LogP contribution in [-0.4, -0.2) is 11.0 Å². The van der Waals surface area contributed by atoms with Gasteiger partial charge in [-0.15, -0.1) is 0 Å². The molecule has 2 N–H and O–H groups in total. The first-order chi connectivity index (χ1) is 12.1. The lowest BCUT2D eigenvalue weighted by atomic mass is 10.1. The highest BCUT2D eigenvalue weighted by Crippen LogP contribution is 2.32. The fraction of sp³-hybridized carbons (Fsp3) is 0.0500. The van der Waals surface area contributed by atoms with Gasteiger partial charge in [-0.2, -0.15) is 0 Å². The third-order valence-corrected chi connectivity index (χ3v) is 3.56. The number of benzene rings is 3. The van der Waals surface area contributed by atoms with E-state index in [2.05, 4.69) is 5.32 Å². The predicted octanol–water partition coefficient (Wildman–Crippen LogP) is 4.29. The molecule has 5 heteroatoms. The molecule has 1 amide bonds. The van der Waals surface area contributed by atoms with Gasteiger partial charge < -0.3 is 15.2 Å². The number of anilines is 1. The standard InChI is InChI=1S/C20H16FNO3/c21-16-12-7-13-17(25-15-10-5-2-6-11-15)18(16)22-20(24)19(23)14-8-3-1-4-9-14/h1-13,19,23H,(H,22,24). The molecule has 0 bridgehead atoms. The molecule has 0 saturated carbocycles. The Kier molecular flexibility index (Phi) is 5.06. The lowest BCUT2D eigenvalue weighted by Crippen LogP contribution is -2.21. The highest BCUT2D eigenvalue weighted by Gasteiger charge is 2.21. The molecule has 3 aromatic carbocycles. The monoisotopic (exact) mass is 337 g/mol. The first kappa shape index (κ1) is 16.7. The Hall–Kier alpha value is -3.18. The number of carbonyl (C=O) groups excluding carboxylic acids is 1. The predicted molar refractivity (Wildman–Crippen MR) is 92.9 cm³/mol. The van der Waals surface area contributed by atoms with Crippen molar-refractivity contribution in [3.63, 3.8) is 0 Å². The number of aliphatic hydroxyl groups is 1. The van der Waals surface area contributed by atoms with Crippen LogP contribution in [0, 0.1) is 5.82 Å². The van der Waals surface area contributed by atoms with Crippen molar-refractivity contribution < 1.29 is 19.0 Å². The molecule has 0 spiro atoms. The van der Waals surface area contributed by atoms with Gasteiger partial charge >= 0.3 is 0 Å². The summed E-state index contributed by atoms with van der Waals surface area (Å²) in [5, 5.41) is 12.6. The molecule has 3 aromatic rings. The Bertz CT molecular complexity index is 853. The molecule has 0 saturated heterocycles. The molecule has 0 fully saturated rings. The normalized spacial score (nSPS) is 11.6. The number of hydrogen-bond donors (Lipinski definition) is 2. The van der Waals surface area contributed by atoms with Crippen LogP contribution < -0.4 is 10.1 Å². The lowest BCUT2D eigenvalue weighted by molar-refractivity contribution is -0.124. The van der Waals surface area contributed by atoms with Crippen LogP contribution in [0.3, 0.4) is 0 Å². The van der Waals surface area contributed by atoms with Crippen LogP contribution in [-0.2, 0) is 4.79 Å². The van der Waals surface area contributed by atoms with Gasteiger partial charge in [-0.25, -0.2) is 4.39 Å². The number of aliphatic hydroxyl groups excluding tert-OH is 1. The minimum Gasteiger partial charge on any atom is -0.455 e. The van der Waals surface area contributed by atoms with Crippen LogP contribution in [0.15, 0.2) is 78.9 Å².